The van der Waals surface area contributed by atoms with Gasteiger partial charge in [0.15, 0.2) is 0 Å². The molecule has 0 atom stereocenters. The van der Waals surface area contributed by atoms with Gasteiger partial charge in [0.2, 0.25) is 11.8 Å². The molecule has 1 aromatic rings. The summed E-state index contributed by atoms with van der Waals surface area (Å²) in [5, 5.41) is 0. The number of ketones is 1. The molecule has 0 radical (unpaired) electrons. The number of likely N-dealkylation sites (tertiary alicyclic amines) is 1. The van der Waals surface area contributed by atoms with E-state index in [1.807, 2.05) is 6.07 Å². The van der Waals surface area contributed by atoms with E-state index in [1.165, 1.54) is 0 Å². The zero-order valence-corrected chi connectivity index (χ0v) is 9.68. The van der Waals surface area contributed by atoms with Crippen molar-refractivity contribution in [3.63, 3.8) is 0 Å². The van der Waals surface area contributed by atoms with E-state index in [4.69, 9.17) is 4.74 Å². The van der Waals surface area contributed by atoms with Crippen molar-refractivity contribution in [3.8, 4) is 5.88 Å². The SMILES string of the molecule is COc1cc(CN2CCC(=O)CC2=O)ccn1. The molecule has 0 saturated carbocycles. The first-order chi connectivity index (χ1) is 8.19. The van der Waals surface area contributed by atoms with Crippen LogP contribution in [0, 0.1) is 0 Å². The highest BCUT2D eigenvalue weighted by Crippen LogP contribution is 2.14. The van der Waals surface area contributed by atoms with Crippen LogP contribution in [0.1, 0.15) is 18.4 Å². The second-order valence-electron chi connectivity index (χ2n) is 3.99. The number of nitrogens with zero attached hydrogens (tertiary/aromatic N) is 2. The van der Waals surface area contributed by atoms with E-state index in [2.05, 4.69) is 4.98 Å². The summed E-state index contributed by atoms with van der Waals surface area (Å²) in [7, 11) is 1.55. The van der Waals surface area contributed by atoms with Crippen LogP contribution >= 0.6 is 0 Å². The minimum atomic E-state index is -0.1000. The van der Waals surface area contributed by atoms with Crippen LogP contribution in [0.5, 0.6) is 5.88 Å². The second kappa shape index (κ2) is 4.95. The lowest BCUT2D eigenvalue weighted by Gasteiger charge is -2.26. The molecule has 5 nitrogen and oxygen atoms in total. The van der Waals surface area contributed by atoms with Crippen molar-refractivity contribution in [2.75, 3.05) is 13.7 Å². The highest BCUT2D eigenvalue weighted by molar-refractivity contribution is 6.00. The molecular weight excluding hydrogens is 220 g/mol. The average Bonchev–Trinajstić information content (AvgIpc) is 2.33. The summed E-state index contributed by atoms with van der Waals surface area (Å²) in [5.41, 5.74) is 0.958. The monoisotopic (exact) mass is 234 g/mol. The molecule has 1 fully saturated rings. The van der Waals surface area contributed by atoms with Gasteiger partial charge in [-0.2, -0.15) is 0 Å². The number of hydrogen-bond donors (Lipinski definition) is 0. The minimum absolute atomic E-state index is 0.0264. The molecule has 90 valence electrons. The molecule has 1 amide bonds. The molecule has 0 N–H and O–H groups in total. The Morgan fingerprint density at radius 1 is 1.47 bits per heavy atom. The number of rotatable bonds is 3. The third kappa shape index (κ3) is 2.81. The number of hydrogen-bond acceptors (Lipinski definition) is 4. The van der Waals surface area contributed by atoms with Gasteiger partial charge < -0.3 is 9.64 Å². The predicted octanol–water partition coefficient (Wildman–Crippen LogP) is 0.782. The molecule has 1 aliphatic heterocycles. The van der Waals surface area contributed by atoms with Crippen molar-refractivity contribution < 1.29 is 14.3 Å². The van der Waals surface area contributed by atoms with Gasteiger partial charge in [-0.25, -0.2) is 4.98 Å². The lowest BCUT2D eigenvalue weighted by Crippen LogP contribution is -2.38. The standard InChI is InChI=1S/C12H14N2O3/c1-17-11-6-9(2-4-13-11)8-14-5-3-10(15)7-12(14)16/h2,4,6H,3,5,7-8H2,1H3. The first-order valence-corrected chi connectivity index (χ1v) is 5.47. The van der Waals surface area contributed by atoms with Gasteiger partial charge in [-0.1, -0.05) is 0 Å². The molecular formula is C12H14N2O3. The molecule has 1 saturated heterocycles. The Balaban J connectivity index is 2.05. The number of aromatic nitrogens is 1. The lowest BCUT2D eigenvalue weighted by atomic mass is 10.1. The summed E-state index contributed by atoms with van der Waals surface area (Å²) in [6.45, 7) is 1.01. The fourth-order valence-corrected chi connectivity index (χ4v) is 1.80. The van der Waals surface area contributed by atoms with Crippen molar-refractivity contribution in [2.45, 2.75) is 19.4 Å². The number of amides is 1. The van der Waals surface area contributed by atoms with Crippen molar-refractivity contribution >= 4 is 11.7 Å². The summed E-state index contributed by atoms with van der Waals surface area (Å²) in [4.78, 5) is 28.4. The zero-order chi connectivity index (χ0) is 12.3. The topological polar surface area (TPSA) is 59.5 Å². The van der Waals surface area contributed by atoms with E-state index in [1.54, 1.807) is 24.3 Å². The average molecular weight is 234 g/mol. The van der Waals surface area contributed by atoms with E-state index in [-0.39, 0.29) is 18.1 Å². The number of ether oxygens (including phenoxy) is 1. The number of methoxy groups -OCH3 is 1. The van der Waals surface area contributed by atoms with Gasteiger partial charge in [0.25, 0.3) is 0 Å². The van der Waals surface area contributed by atoms with Gasteiger partial charge in [0, 0.05) is 31.8 Å². The van der Waals surface area contributed by atoms with Gasteiger partial charge in [0.05, 0.1) is 13.5 Å². The number of carbonyl (C=O) groups excluding carboxylic acids is 2. The number of Topliss-reactive ketones (excluding diaryl/α,β-unsaturated/α-hetero) is 1. The van der Waals surface area contributed by atoms with Crippen LogP contribution < -0.4 is 4.74 Å². The third-order valence-electron chi connectivity index (χ3n) is 2.74. The third-order valence-corrected chi connectivity index (χ3v) is 2.74. The van der Waals surface area contributed by atoms with Crippen molar-refractivity contribution in [1.82, 2.24) is 9.88 Å². The van der Waals surface area contributed by atoms with E-state index in [0.717, 1.165) is 5.56 Å². The zero-order valence-electron chi connectivity index (χ0n) is 9.68. The van der Waals surface area contributed by atoms with Gasteiger partial charge in [0.1, 0.15) is 5.78 Å². The van der Waals surface area contributed by atoms with E-state index >= 15 is 0 Å². The van der Waals surface area contributed by atoms with E-state index < -0.39 is 0 Å². The molecule has 0 aromatic carbocycles. The number of pyridine rings is 1. The fraction of sp³-hybridized carbons (Fsp3) is 0.417. The summed E-state index contributed by atoms with van der Waals surface area (Å²) in [5.74, 6) is 0.457. The molecule has 0 aliphatic carbocycles. The minimum Gasteiger partial charge on any atom is -0.481 e. The van der Waals surface area contributed by atoms with E-state index in [9.17, 15) is 9.59 Å². The molecule has 1 aliphatic rings. The summed E-state index contributed by atoms with van der Waals surface area (Å²) >= 11 is 0. The first kappa shape index (κ1) is 11.6. The highest BCUT2D eigenvalue weighted by Gasteiger charge is 2.23. The Labute approximate surface area is 99.4 Å². The van der Waals surface area contributed by atoms with Gasteiger partial charge in [-0.3, -0.25) is 9.59 Å². The predicted molar refractivity (Wildman–Crippen MR) is 60.4 cm³/mol. The van der Waals surface area contributed by atoms with Gasteiger partial charge >= 0.3 is 0 Å². The Hall–Kier alpha value is -1.91. The summed E-state index contributed by atoms with van der Waals surface area (Å²) in [6.07, 6.45) is 2.13. The van der Waals surface area contributed by atoms with Gasteiger partial charge in [-0.15, -0.1) is 0 Å². The van der Waals surface area contributed by atoms with E-state index in [0.29, 0.717) is 25.4 Å². The van der Waals surface area contributed by atoms with Crippen molar-refractivity contribution in [1.29, 1.82) is 0 Å². The molecule has 2 rings (SSSR count). The van der Waals surface area contributed by atoms with Crippen LogP contribution in [0.3, 0.4) is 0 Å². The Kier molecular flexibility index (Phi) is 3.37. The molecule has 5 heteroatoms. The highest BCUT2D eigenvalue weighted by atomic mass is 16.5. The van der Waals surface area contributed by atoms with Crippen LogP contribution in [-0.2, 0) is 16.1 Å². The molecule has 1 aromatic heterocycles. The van der Waals surface area contributed by atoms with Crippen LogP contribution in [-0.4, -0.2) is 35.2 Å². The van der Waals surface area contributed by atoms with Crippen LogP contribution in [0.4, 0.5) is 0 Å². The molecule has 0 bridgehead atoms. The smallest absolute Gasteiger partial charge is 0.230 e. The second-order valence-corrected chi connectivity index (χ2v) is 3.99. The number of carbonyl (C=O) groups is 2. The first-order valence-electron chi connectivity index (χ1n) is 5.47. The maximum atomic E-state index is 11.6. The normalized spacial score (nSPS) is 16.2. The molecule has 0 unspecified atom stereocenters. The molecule has 0 spiro atoms. The summed E-state index contributed by atoms with van der Waals surface area (Å²) in [6, 6.07) is 3.63. The Morgan fingerprint density at radius 2 is 2.29 bits per heavy atom. The van der Waals surface area contributed by atoms with Crippen LogP contribution in [0.15, 0.2) is 18.3 Å². The Bertz CT molecular complexity index is 445. The number of piperidine rings is 1. The molecule has 17 heavy (non-hydrogen) atoms. The van der Waals surface area contributed by atoms with Crippen LogP contribution in [0.2, 0.25) is 0 Å². The van der Waals surface area contributed by atoms with Gasteiger partial charge in [-0.05, 0) is 11.6 Å². The maximum Gasteiger partial charge on any atom is 0.230 e. The maximum absolute atomic E-state index is 11.6. The van der Waals surface area contributed by atoms with Crippen molar-refractivity contribution in [3.05, 3.63) is 23.9 Å². The fourth-order valence-electron chi connectivity index (χ4n) is 1.80. The quantitative estimate of drug-likeness (QED) is 0.725. The molecule has 2 heterocycles. The lowest BCUT2D eigenvalue weighted by molar-refractivity contribution is -0.139. The largest absolute Gasteiger partial charge is 0.481 e. The van der Waals surface area contributed by atoms with Crippen LogP contribution in [0.25, 0.3) is 0 Å². The summed E-state index contributed by atoms with van der Waals surface area (Å²) < 4.78 is 5.02. The van der Waals surface area contributed by atoms with Crippen molar-refractivity contribution in [2.24, 2.45) is 0 Å². The Morgan fingerprint density at radius 3 is 3.00 bits per heavy atom.